The molecule has 3 unspecified atom stereocenters. The monoisotopic (exact) mass is 236 g/mol. The minimum atomic E-state index is 0.479. The van der Waals surface area contributed by atoms with Crippen LogP contribution >= 0.6 is 0 Å². The van der Waals surface area contributed by atoms with Gasteiger partial charge in [0.2, 0.25) is 0 Å². The summed E-state index contributed by atoms with van der Waals surface area (Å²) in [5.74, 6) is 2.63. The molecule has 2 rings (SSSR count). The second-order valence-corrected chi connectivity index (χ2v) is 5.18. The SMILES string of the molecule is C#CCNCC(C)N1CCOC2CCCCC21. The normalized spacial score (nSPS) is 31.5. The first-order valence-electron chi connectivity index (χ1n) is 6.84. The third-order valence-electron chi connectivity index (χ3n) is 4.01. The van der Waals surface area contributed by atoms with Crippen molar-refractivity contribution in [2.75, 3.05) is 26.2 Å². The maximum absolute atomic E-state index is 5.89. The second kappa shape index (κ2) is 6.39. The van der Waals surface area contributed by atoms with Gasteiger partial charge in [0, 0.05) is 25.2 Å². The summed E-state index contributed by atoms with van der Waals surface area (Å²) in [4.78, 5) is 2.62. The predicted octanol–water partition coefficient (Wildman–Crippen LogP) is 1.24. The summed E-state index contributed by atoms with van der Waals surface area (Å²) in [6, 6.07) is 1.19. The lowest BCUT2D eigenvalue weighted by atomic mass is 9.89. The molecule has 0 spiro atoms. The number of nitrogens with zero attached hydrogens (tertiary/aromatic N) is 1. The van der Waals surface area contributed by atoms with Crippen LogP contribution in [-0.2, 0) is 4.74 Å². The molecule has 3 nitrogen and oxygen atoms in total. The molecule has 1 aliphatic carbocycles. The van der Waals surface area contributed by atoms with Crippen LogP contribution in [0.5, 0.6) is 0 Å². The number of hydrogen-bond donors (Lipinski definition) is 1. The summed E-state index contributed by atoms with van der Waals surface area (Å²) in [5, 5.41) is 3.31. The summed E-state index contributed by atoms with van der Waals surface area (Å²) in [6.07, 6.45) is 11.0. The van der Waals surface area contributed by atoms with E-state index in [0.29, 0.717) is 24.7 Å². The van der Waals surface area contributed by atoms with Gasteiger partial charge in [0.15, 0.2) is 0 Å². The van der Waals surface area contributed by atoms with Gasteiger partial charge in [-0.05, 0) is 19.8 Å². The maximum Gasteiger partial charge on any atom is 0.0731 e. The molecule has 1 saturated heterocycles. The van der Waals surface area contributed by atoms with Gasteiger partial charge in [-0.2, -0.15) is 0 Å². The summed E-state index contributed by atoms with van der Waals surface area (Å²) in [6.45, 7) is 5.90. The van der Waals surface area contributed by atoms with Crippen molar-refractivity contribution >= 4 is 0 Å². The van der Waals surface area contributed by atoms with E-state index >= 15 is 0 Å². The molecule has 17 heavy (non-hydrogen) atoms. The molecule has 0 amide bonds. The van der Waals surface area contributed by atoms with Crippen LogP contribution in [-0.4, -0.2) is 49.3 Å². The van der Waals surface area contributed by atoms with E-state index in [9.17, 15) is 0 Å². The van der Waals surface area contributed by atoms with Gasteiger partial charge in [0.1, 0.15) is 0 Å². The molecule has 0 aromatic rings. The van der Waals surface area contributed by atoms with Gasteiger partial charge in [0.05, 0.1) is 19.3 Å². The fourth-order valence-electron chi connectivity index (χ4n) is 3.14. The van der Waals surface area contributed by atoms with E-state index in [-0.39, 0.29) is 0 Å². The van der Waals surface area contributed by atoms with Crippen LogP contribution in [0.1, 0.15) is 32.6 Å². The molecular weight excluding hydrogens is 212 g/mol. The largest absolute Gasteiger partial charge is 0.375 e. The minimum Gasteiger partial charge on any atom is -0.375 e. The van der Waals surface area contributed by atoms with Gasteiger partial charge in [-0.15, -0.1) is 6.42 Å². The maximum atomic E-state index is 5.89. The Balaban J connectivity index is 1.87. The van der Waals surface area contributed by atoms with Gasteiger partial charge in [0.25, 0.3) is 0 Å². The molecule has 0 bridgehead atoms. The van der Waals surface area contributed by atoms with Crippen molar-refractivity contribution in [3.63, 3.8) is 0 Å². The Labute approximate surface area is 105 Å². The Morgan fingerprint density at radius 3 is 3.12 bits per heavy atom. The first kappa shape index (κ1) is 12.9. The molecule has 2 aliphatic rings. The van der Waals surface area contributed by atoms with Crippen LogP contribution in [0.3, 0.4) is 0 Å². The van der Waals surface area contributed by atoms with E-state index in [2.05, 4.69) is 23.1 Å². The minimum absolute atomic E-state index is 0.479. The zero-order valence-corrected chi connectivity index (χ0v) is 10.8. The van der Waals surface area contributed by atoms with Crippen LogP contribution in [0.25, 0.3) is 0 Å². The molecule has 0 aromatic carbocycles. The quantitative estimate of drug-likeness (QED) is 0.587. The first-order chi connectivity index (χ1) is 8.33. The standard InChI is InChI=1S/C14H24N2O/c1-3-8-15-11-12(2)16-9-10-17-14-7-5-4-6-13(14)16/h1,12-15H,4-11H2,2H3. The summed E-state index contributed by atoms with van der Waals surface area (Å²) >= 11 is 0. The lowest BCUT2D eigenvalue weighted by Gasteiger charge is -2.46. The predicted molar refractivity (Wildman–Crippen MR) is 69.9 cm³/mol. The Kier molecular flexibility index (Phi) is 4.85. The highest BCUT2D eigenvalue weighted by molar-refractivity contribution is 4.91. The van der Waals surface area contributed by atoms with E-state index in [4.69, 9.17) is 11.2 Å². The summed E-state index contributed by atoms with van der Waals surface area (Å²) < 4.78 is 5.89. The van der Waals surface area contributed by atoms with E-state index in [1.807, 2.05) is 0 Å². The third kappa shape index (κ3) is 3.22. The molecule has 96 valence electrons. The number of nitrogens with one attached hydrogen (secondary N) is 1. The lowest BCUT2D eigenvalue weighted by molar-refractivity contribution is -0.0996. The molecule has 3 heteroatoms. The van der Waals surface area contributed by atoms with Gasteiger partial charge in [-0.1, -0.05) is 18.8 Å². The zero-order chi connectivity index (χ0) is 12.1. The molecule has 1 saturated carbocycles. The van der Waals surface area contributed by atoms with Crippen LogP contribution in [0.4, 0.5) is 0 Å². The number of morpholine rings is 1. The van der Waals surface area contributed by atoms with Gasteiger partial charge < -0.3 is 10.1 Å². The van der Waals surface area contributed by atoms with Gasteiger partial charge >= 0.3 is 0 Å². The molecule has 3 atom stereocenters. The third-order valence-corrected chi connectivity index (χ3v) is 4.01. The number of ether oxygens (including phenoxy) is 1. The van der Waals surface area contributed by atoms with Crippen molar-refractivity contribution in [1.82, 2.24) is 10.2 Å². The average Bonchev–Trinajstić information content (AvgIpc) is 2.38. The molecule has 0 radical (unpaired) electrons. The highest BCUT2D eigenvalue weighted by atomic mass is 16.5. The molecule has 1 aliphatic heterocycles. The molecule has 1 N–H and O–H groups in total. The smallest absolute Gasteiger partial charge is 0.0731 e. The molecular formula is C14H24N2O. The van der Waals surface area contributed by atoms with E-state index in [1.165, 1.54) is 25.7 Å². The van der Waals surface area contributed by atoms with Crippen molar-refractivity contribution in [1.29, 1.82) is 0 Å². The van der Waals surface area contributed by atoms with Crippen LogP contribution in [0.15, 0.2) is 0 Å². The van der Waals surface area contributed by atoms with E-state index < -0.39 is 0 Å². The van der Waals surface area contributed by atoms with E-state index in [1.54, 1.807) is 0 Å². The van der Waals surface area contributed by atoms with Crippen molar-refractivity contribution in [2.24, 2.45) is 0 Å². The van der Waals surface area contributed by atoms with Crippen molar-refractivity contribution in [3.8, 4) is 12.3 Å². The Hall–Kier alpha value is -0.560. The number of hydrogen-bond acceptors (Lipinski definition) is 3. The summed E-state index contributed by atoms with van der Waals surface area (Å²) in [5.41, 5.74) is 0. The molecule has 0 aromatic heterocycles. The lowest BCUT2D eigenvalue weighted by Crippen LogP contribution is -2.57. The number of terminal acetylenes is 1. The van der Waals surface area contributed by atoms with Gasteiger partial charge in [-0.3, -0.25) is 4.90 Å². The van der Waals surface area contributed by atoms with Crippen LogP contribution < -0.4 is 5.32 Å². The average molecular weight is 236 g/mol. The van der Waals surface area contributed by atoms with Crippen molar-refractivity contribution < 1.29 is 4.74 Å². The number of fused-ring (bicyclic) bond motifs is 1. The van der Waals surface area contributed by atoms with Crippen LogP contribution in [0.2, 0.25) is 0 Å². The number of rotatable bonds is 4. The molecule has 1 heterocycles. The van der Waals surface area contributed by atoms with E-state index in [0.717, 1.165) is 19.7 Å². The fraction of sp³-hybridized carbons (Fsp3) is 0.857. The first-order valence-corrected chi connectivity index (χ1v) is 6.84. The highest BCUT2D eigenvalue weighted by Gasteiger charge is 2.35. The molecule has 2 fully saturated rings. The fourth-order valence-corrected chi connectivity index (χ4v) is 3.14. The van der Waals surface area contributed by atoms with Gasteiger partial charge in [-0.25, -0.2) is 0 Å². The van der Waals surface area contributed by atoms with Crippen LogP contribution in [0, 0.1) is 12.3 Å². The van der Waals surface area contributed by atoms with Crippen molar-refractivity contribution in [3.05, 3.63) is 0 Å². The summed E-state index contributed by atoms with van der Waals surface area (Å²) in [7, 11) is 0. The Bertz CT molecular complexity index is 272. The van der Waals surface area contributed by atoms with Crippen molar-refractivity contribution in [2.45, 2.75) is 50.8 Å². The highest BCUT2D eigenvalue weighted by Crippen LogP contribution is 2.29. The Morgan fingerprint density at radius 1 is 1.47 bits per heavy atom. The zero-order valence-electron chi connectivity index (χ0n) is 10.8. The Morgan fingerprint density at radius 2 is 2.29 bits per heavy atom. The second-order valence-electron chi connectivity index (χ2n) is 5.18. The topological polar surface area (TPSA) is 24.5 Å².